The van der Waals surface area contributed by atoms with Gasteiger partial charge in [-0.05, 0) is 6.07 Å². The summed E-state index contributed by atoms with van der Waals surface area (Å²) in [6, 6.07) is 4.50. The number of urea groups is 1. The predicted molar refractivity (Wildman–Crippen MR) is 70.4 cm³/mol. The number of carbonyl (C=O) groups is 3. The van der Waals surface area contributed by atoms with Gasteiger partial charge in [-0.3, -0.25) is 19.8 Å². The van der Waals surface area contributed by atoms with Crippen LogP contribution in [0, 0.1) is 0 Å². The van der Waals surface area contributed by atoms with E-state index in [1.54, 1.807) is 24.4 Å². The maximum Gasteiger partial charge on any atom is 0.330 e. The van der Waals surface area contributed by atoms with E-state index in [9.17, 15) is 14.4 Å². The highest BCUT2D eigenvalue weighted by Gasteiger charge is 2.26. The Kier molecular flexibility index (Phi) is 2.86. The lowest BCUT2D eigenvalue weighted by atomic mass is 10.2. The number of aromatic nitrogens is 2. The van der Waals surface area contributed by atoms with E-state index in [0.717, 1.165) is 11.7 Å². The lowest BCUT2D eigenvalue weighted by Crippen LogP contribution is -2.50. The Hall–Kier alpha value is -2.83. The number of imide groups is 1. The fourth-order valence-electron chi connectivity index (χ4n) is 1.99. The van der Waals surface area contributed by atoms with Crippen LogP contribution in [0.1, 0.15) is 16.8 Å². The molecule has 0 unspecified atom stereocenters. The third kappa shape index (κ3) is 2.09. The Morgan fingerprint density at radius 3 is 2.90 bits per heavy atom. The summed E-state index contributed by atoms with van der Waals surface area (Å²) in [6.07, 6.45) is 2.52. The van der Waals surface area contributed by atoms with Crippen molar-refractivity contribution in [1.82, 2.24) is 15.3 Å². The number of hydrogen-bond donors (Lipinski definition) is 1. The zero-order valence-corrected chi connectivity index (χ0v) is 10.4. The molecule has 7 nitrogen and oxygen atoms in total. The van der Waals surface area contributed by atoms with Gasteiger partial charge in [-0.1, -0.05) is 12.1 Å². The molecular weight excluding hydrogens is 260 g/mol. The van der Waals surface area contributed by atoms with Gasteiger partial charge in [-0.2, -0.15) is 0 Å². The van der Waals surface area contributed by atoms with Crippen LogP contribution in [-0.2, 0) is 4.79 Å². The number of aldehydes is 1. The van der Waals surface area contributed by atoms with E-state index < -0.39 is 6.03 Å². The lowest BCUT2D eigenvalue weighted by molar-refractivity contribution is -0.120. The highest BCUT2D eigenvalue weighted by Crippen LogP contribution is 2.17. The number of anilines is 1. The Labute approximate surface area is 113 Å². The van der Waals surface area contributed by atoms with E-state index in [1.807, 2.05) is 0 Å². The minimum atomic E-state index is -0.535. The maximum atomic E-state index is 11.7. The third-order valence-electron chi connectivity index (χ3n) is 3.03. The van der Waals surface area contributed by atoms with Gasteiger partial charge in [-0.25, -0.2) is 14.8 Å². The van der Waals surface area contributed by atoms with Crippen molar-refractivity contribution in [3.05, 3.63) is 30.0 Å². The molecule has 3 rings (SSSR count). The largest absolute Gasteiger partial charge is 0.330 e. The molecule has 1 aliphatic rings. The van der Waals surface area contributed by atoms with Gasteiger partial charge in [0.05, 0.1) is 5.52 Å². The maximum absolute atomic E-state index is 11.7. The number of carbonyl (C=O) groups excluding carboxylic acids is 3. The smallest absolute Gasteiger partial charge is 0.298 e. The summed E-state index contributed by atoms with van der Waals surface area (Å²) in [5, 5.41) is 2.98. The molecule has 0 atom stereocenters. The van der Waals surface area contributed by atoms with E-state index in [0.29, 0.717) is 11.1 Å². The van der Waals surface area contributed by atoms with Crippen molar-refractivity contribution in [2.75, 3.05) is 11.4 Å². The minimum Gasteiger partial charge on any atom is -0.298 e. The fraction of sp³-hybridized carbons (Fsp3) is 0.154. The van der Waals surface area contributed by atoms with Gasteiger partial charge < -0.3 is 0 Å². The lowest BCUT2D eigenvalue weighted by Gasteiger charge is -2.24. The van der Waals surface area contributed by atoms with Crippen molar-refractivity contribution in [1.29, 1.82) is 0 Å². The summed E-state index contributed by atoms with van der Waals surface area (Å²) < 4.78 is 0. The van der Waals surface area contributed by atoms with Crippen molar-refractivity contribution in [2.45, 2.75) is 6.42 Å². The summed E-state index contributed by atoms with van der Waals surface area (Å²) in [5.74, 6) is -0.0965. The van der Waals surface area contributed by atoms with E-state index in [4.69, 9.17) is 0 Å². The zero-order valence-electron chi connectivity index (χ0n) is 10.4. The van der Waals surface area contributed by atoms with Gasteiger partial charge in [0, 0.05) is 30.1 Å². The summed E-state index contributed by atoms with van der Waals surface area (Å²) in [5.41, 5.74) is 1.07. The van der Waals surface area contributed by atoms with Gasteiger partial charge in [0.15, 0.2) is 0 Å². The highest BCUT2D eigenvalue weighted by molar-refractivity contribution is 6.05. The fourth-order valence-corrected chi connectivity index (χ4v) is 1.99. The van der Waals surface area contributed by atoms with Crippen molar-refractivity contribution in [3.8, 4) is 0 Å². The highest BCUT2D eigenvalue weighted by atomic mass is 16.2. The Balaban J connectivity index is 2.01. The van der Waals surface area contributed by atoms with Crippen LogP contribution in [0.15, 0.2) is 24.4 Å². The molecule has 0 spiro atoms. The van der Waals surface area contributed by atoms with E-state index >= 15 is 0 Å². The van der Waals surface area contributed by atoms with Crippen LogP contribution in [-0.4, -0.2) is 34.7 Å². The average molecular weight is 270 g/mol. The number of nitrogens with one attached hydrogen (secondary N) is 1. The Morgan fingerprint density at radius 1 is 1.30 bits per heavy atom. The molecule has 1 aliphatic heterocycles. The first-order valence-corrected chi connectivity index (χ1v) is 6.01. The predicted octanol–water partition coefficient (Wildman–Crippen LogP) is 0.889. The molecule has 20 heavy (non-hydrogen) atoms. The van der Waals surface area contributed by atoms with E-state index in [2.05, 4.69) is 15.3 Å². The van der Waals surface area contributed by atoms with Gasteiger partial charge in [-0.15, -0.1) is 0 Å². The first kappa shape index (κ1) is 12.2. The molecule has 2 heterocycles. The monoisotopic (exact) mass is 270 g/mol. The van der Waals surface area contributed by atoms with Crippen LogP contribution in [0.5, 0.6) is 0 Å². The van der Waals surface area contributed by atoms with E-state index in [1.165, 1.54) is 4.90 Å². The van der Waals surface area contributed by atoms with Gasteiger partial charge >= 0.3 is 6.03 Å². The molecule has 0 radical (unpaired) electrons. The Morgan fingerprint density at radius 2 is 2.15 bits per heavy atom. The molecule has 3 amide bonds. The quantitative estimate of drug-likeness (QED) is 0.818. The van der Waals surface area contributed by atoms with E-state index in [-0.39, 0.29) is 24.8 Å². The second-order valence-corrected chi connectivity index (χ2v) is 4.36. The minimum absolute atomic E-state index is 0.210. The van der Waals surface area contributed by atoms with Crippen LogP contribution in [0.2, 0.25) is 0 Å². The number of benzene rings is 1. The molecule has 7 heteroatoms. The van der Waals surface area contributed by atoms with Crippen molar-refractivity contribution >= 4 is 35.1 Å². The van der Waals surface area contributed by atoms with Crippen LogP contribution in [0.25, 0.3) is 10.9 Å². The number of fused-ring (bicyclic) bond motifs is 1. The van der Waals surface area contributed by atoms with Crippen LogP contribution < -0.4 is 10.2 Å². The van der Waals surface area contributed by atoms with Crippen molar-refractivity contribution < 1.29 is 14.4 Å². The number of amides is 3. The normalized spacial score (nSPS) is 15.3. The first-order chi connectivity index (χ1) is 9.67. The molecule has 1 aromatic heterocycles. The Bertz CT molecular complexity index is 729. The molecule has 100 valence electrons. The molecule has 0 aliphatic carbocycles. The number of nitrogens with zero attached hydrogens (tertiary/aromatic N) is 3. The van der Waals surface area contributed by atoms with Crippen LogP contribution >= 0.6 is 0 Å². The topological polar surface area (TPSA) is 92.3 Å². The van der Waals surface area contributed by atoms with Crippen LogP contribution in [0.4, 0.5) is 10.7 Å². The van der Waals surface area contributed by atoms with Crippen molar-refractivity contribution in [3.63, 3.8) is 0 Å². The first-order valence-electron chi connectivity index (χ1n) is 6.01. The summed E-state index contributed by atoms with van der Waals surface area (Å²) in [4.78, 5) is 43.3. The second kappa shape index (κ2) is 4.69. The van der Waals surface area contributed by atoms with Gasteiger partial charge in [0.25, 0.3) is 0 Å². The average Bonchev–Trinajstić information content (AvgIpc) is 2.46. The zero-order chi connectivity index (χ0) is 14.1. The SMILES string of the molecule is O=Cc1ccc2cnc(N3CCC(=O)NC3=O)nc2c1. The molecule has 1 saturated heterocycles. The molecule has 0 saturated carbocycles. The number of rotatable bonds is 2. The molecule has 0 bridgehead atoms. The second-order valence-electron chi connectivity index (χ2n) is 4.36. The molecule has 1 aromatic carbocycles. The number of hydrogen-bond acceptors (Lipinski definition) is 5. The van der Waals surface area contributed by atoms with Crippen molar-refractivity contribution in [2.24, 2.45) is 0 Å². The molecule has 1 N–H and O–H groups in total. The van der Waals surface area contributed by atoms with Gasteiger partial charge in [0.2, 0.25) is 11.9 Å². The summed E-state index contributed by atoms with van der Waals surface area (Å²) in [7, 11) is 0. The molecule has 2 aromatic rings. The molecular formula is C13H10N4O3. The summed E-state index contributed by atoms with van der Waals surface area (Å²) >= 11 is 0. The molecule has 1 fully saturated rings. The standard InChI is InChI=1S/C13H10N4O3/c18-7-8-1-2-9-6-14-12(15-10(9)5-8)17-4-3-11(19)16-13(17)20/h1-2,5-7H,3-4H2,(H,16,19,20). The summed E-state index contributed by atoms with van der Waals surface area (Å²) in [6.45, 7) is 0.240. The van der Waals surface area contributed by atoms with Crippen LogP contribution in [0.3, 0.4) is 0 Å². The van der Waals surface area contributed by atoms with Gasteiger partial charge in [0.1, 0.15) is 6.29 Å². The third-order valence-corrected chi connectivity index (χ3v) is 3.03.